The molecule has 4 rings (SSSR count). The summed E-state index contributed by atoms with van der Waals surface area (Å²) in [5, 5.41) is 5.79. The third-order valence-electron chi connectivity index (χ3n) is 5.54. The number of H-pyrrole nitrogens is 1. The highest BCUT2D eigenvalue weighted by atomic mass is 35.5. The molecule has 0 aliphatic carbocycles. The summed E-state index contributed by atoms with van der Waals surface area (Å²) in [5.74, 6) is -1.37. The van der Waals surface area contributed by atoms with E-state index in [0.717, 1.165) is 25.8 Å². The van der Waals surface area contributed by atoms with Gasteiger partial charge in [-0.2, -0.15) is 4.98 Å². The quantitative estimate of drug-likeness (QED) is 0.664. The molecule has 10 heteroatoms. The van der Waals surface area contributed by atoms with Crippen molar-refractivity contribution in [1.29, 1.82) is 0 Å². The molecule has 2 aromatic rings. The van der Waals surface area contributed by atoms with Crippen LogP contribution in [0, 0.1) is 0 Å². The molecule has 0 saturated carbocycles. The van der Waals surface area contributed by atoms with Crippen molar-refractivity contribution in [2.75, 3.05) is 22.1 Å². The van der Waals surface area contributed by atoms with E-state index in [1.165, 1.54) is 0 Å². The molecule has 2 aliphatic heterocycles. The number of aromatic nitrogens is 2. The number of fused-ring (bicyclic) bond motifs is 1. The van der Waals surface area contributed by atoms with Gasteiger partial charge in [0, 0.05) is 19.0 Å². The fraction of sp³-hybridized carbons (Fsp3) is 0.400. The number of halogens is 2. The number of anilines is 3. The van der Waals surface area contributed by atoms with Crippen molar-refractivity contribution in [3.63, 3.8) is 0 Å². The van der Waals surface area contributed by atoms with Crippen LogP contribution < -0.4 is 21.1 Å². The van der Waals surface area contributed by atoms with Crippen molar-refractivity contribution < 1.29 is 9.59 Å². The number of rotatable bonds is 3. The fourth-order valence-corrected chi connectivity index (χ4v) is 4.30. The number of aromatic amines is 1. The summed E-state index contributed by atoms with van der Waals surface area (Å²) in [7, 11) is 0. The molecule has 0 bridgehead atoms. The van der Waals surface area contributed by atoms with E-state index < -0.39 is 17.4 Å². The van der Waals surface area contributed by atoms with Crippen LogP contribution in [-0.2, 0) is 9.59 Å². The van der Waals surface area contributed by atoms with Crippen LogP contribution >= 0.6 is 23.2 Å². The number of carbonyl (C=O) groups is 2. The van der Waals surface area contributed by atoms with E-state index in [1.54, 1.807) is 18.2 Å². The van der Waals surface area contributed by atoms with Crippen LogP contribution in [-0.4, -0.2) is 34.4 Å². The van der Waals surface area contributed by atoms with Gasteiger partial charge in [-0.05, 0) is 38.3 Å². The van der Waals surface area contributed by atoms with Gasteiger partial charge >= 0.3 is 0 Å². The van der Waals surface area contributed by atoms with Crippen molar-refractivity contribution in [2.45, 2.75) is 44.6 Å². The average molecular weight is 450 g/mol. The number of carbonyl (C=O) groups excluding carboxylic acids is 2. The van der Waals surface area contributed by atoms with E-state index >= 15 is 0 Å². The molecule has 30 heavy (non-hydrogen) atoms. The Hall–Kier alpha value is -2.58. The highest BCUT2D eigenvalue weighted by Crippen LogP contribution is 2.34. The molecule has 8 nitrogen and oxygen atoms in total. The fourth-order valence-electron chi connectivity index (χ4n) is 3.95. The summed E-state index contributed by atoms with van der Waals surface area (Å²) in [6.07, 6.45) is 2.96. The SMILES string of the molecule is C[C@H]1CCCCN1c1nc2c(c(=O)[nH]1)[C@@H](C(=O)Nc1cccc(Cl)c1Cl)CC(=O)N2. The number of hydrogen-bond acceptors (Lipinski definition) is 5. The maximum absolute atomic E-state index is 12.9. The zero-order chi connectivity index (χ0) is 21.4. The molecule has 2 atom stereocenters. The number of nitrogens with one attached hydrogen (secondary N) is 3. The first kappa shape index (κ1) is 20.7. The number of benzene rings is 1. The van der Waals surface area contributed by atoms with Crippen LogP contribution in [0.3, 0.4) is 0 Å². The topological polar surface area (TPSA) is 107 Å². The predicted molar refractivity (Wildman–Crippen MR) is 117 cm³/mol. The van der Waals surface area contributed by atoms with Crippen LogP contribution in [0.2, 0.25) is 10.0 Å². The van der Waals surface area contributed by atoms with Crippen molar-refractivity contribution in [2.24, 2.45) is 0 Å². The molecule has 0 unspecified atom stereocenters. The minimum absolute atomic E-state index is 0.125. The van der Waals surface area contributed by atoms with Gasteiger partial charge in [-0.1, -0.05) is 29.3 Å². The van der Waals surface area contributed by atoms with E-state index in [2.05, 4.69) is 27.5 Å². The van der Waals surface area contributed by atoms with E-state index in [-0.39, 0.29) is 39.8 Å². The van der Waals surface area contributed by atoms with Gasteiger partial charge in [0.1, 0.15) is 5.82 Å². The van der Waals surface area contributed by atoms with Crippen molar-refractivity contribution >= 4 is 52.5 Å². The zero-order valence-electron chi connectivity index (χ0n) is 16.3. The third-order valence-corrected chi connectivity index (χ3v) is 6.36. The molecule has 2 aliphatic rings. The lowest BCUT2D eigenvalue weighted by Crippen LogP contribution is -2.42. The maximum Gasteiger partial charge on any atom is 0.258 e. The third kappa shape index (κ3) is 3.89. The molecule has 3 N–H and O–H groups in total. The highest BCUT2D eigenvalue weighted by Gasteiger charge is 2.35. The minimum Gasteiger partial charge on any atom is -0.340 e. The van der Waals surface area contributed by atoms with Crippen molar-refractivity contribution in [3.05, 3.63) is 44.2 Å². The van der Waals surface area contributed by atoms with Gasteiger partial charge in [-0.15, -0.1) is 0 Å². The lowest BCUT2D eigenvalue weighted by Gasteiger charge is -2.34. The normalized spacial score (nSPS) is 21.0. The number of nitrogens with zero attached hydrogens (tertiary/aromatic N) is 2. The molecule has 1 aromatic carbocycles. The summed E-state index contributed by atoms with van der Waals surface area (Å²) in [6.45, 7) is 2.84. The molecule has 2 amide bonds. The van der Waals surface area contributed by atoms with Crippen molar-refractivity contribution in [1.82, 2.24) is 9.97 Å². The number of amides is 2. The largest absolute Gasteiger partial charge is 0.340 e. The molecule has 1 aromatic heterocycles. The Bertz CT molecular complexity index is 1070. The molecular formula is C20H21Cl2N5O3. The molecule has 158 valence electrons. The zero-order valence-corrected chi connectivity index (χ0v) is 17.8. The van der Waals surface area contributed by atoms with Crippen LogP contribution in [0.25, 0.3) is 0 Å². The van der Waals surface area contributed by atoms with Gasteiger partial charge in [-0.25, -0.2) is 0 Å². The van der Waals surface area contributed by atoms with E-state index in [4.69, 9.17) is 23.2 Å². The van der Waals surface area contributed by atoms with Crippen molar-refractivity contribution in [3.8, 4) is 0 Å². The van der Waals surface area contributed by atoms with Crippen LogP contribution in [0.5, 0.6) is 0 Å². The summed E-state index contributed by atoms with van der Waals surface area (Å²) in [4.78, 5) is 47.5. The Morgan fingerprint density at radius 1 is 1.27 bits per heavy atom. The van der Waals surface area contributed by atoms with Gasteiger partial charge in [0.05, 0.1) is 27.2 Å². The van der Waals surface area contributed by atoms with Crippen LogP contribution in [0.4, 0.5) is 17.5 Å². The highest BCUT2D eigenvalue weighted by molar-refractivity contribution is 6.44. The summed E-state index contributed by atoms with van der Waals surface area (Å²) in [5.41, 5.74) is 0.00799. The molecule has 3 heterocycles. The molecule has 1 fully saturated rings. The Morgan fingerprint density at radius 2 is 2.07 bits per heavy atom. The minimum atomic E-state index is -0.993. The Labute approximate surface area is 183 Å². The van der Waals surface area contributed by atoms with Gasteiger partial charge in [0.25, 0.3) is 5.56 Å². The lowest BCUT2D eigenvalue weighted by atomic mass is 9.92. The van der Waals surface area contributed by atoms with E-state index in [9.17, 15) is 14.4 Å². The predicted octanol–water partition coefficient (Wildman–Crippen LogP) is 3.52. The second kappa shape index (κ2) is 8.28. The van der Waals surface area contributed by atoms with E-state index in [0.29, 0.717) is 11.6 Å². The second-order valence-electron chi connectivity index (χ2n) is 7.59. The Morgan fingerprint density at radius 3 is 2.83 bits per heavy atom. The van der Waals surface area contributed by atoms with E-state index in [1.807, 2.05) is 4.90 Å². The monoisotopic (exact) mass is 449 g/mol. The average Bonchev–Trinajstić information content (AvgIpc) is 2.70. The lowest BCUT2D eigenvalue weighted by molar-refractivity contribution is -0.123. The summed E-state index contributed by atoms with van der Waals surface area (Å²) < 4.78 is 0. The Kier molecular flexibility index (Phi) is 5.71. The summed E-state index contributed by atoms with van der Waals surface area (Å²) >= 11 is 12.1. The summed E-state index contributed by atoms with van der Waals surface area (Å²) in [6, 6.07) is 5.06. The Balaban J connectivity index is 1.68. The first-order valence-corrected chi connectivity index (χ1v) is 10.6. The number of piperidine rings is 1. The second-order valence-corrected chi connectivity index (χ2v) is 8.37. The first-order chi connectivity index (χ1) is 14.3. The van der Waals surface area contributed by atoms with Crippen LogP contribution in [0.15, 0.2) is 23.0 Å². The van der Waals surface area contributed by atoms with Gasteiger partial charge in [0.2, 0.25) is 17.8 Å². The molecule has 1 saturated heterocycles. The first-order valence-electron chi connectivity index (χ1n) is 9.80. The van der Waals surface area contributed by atoms with Gasteiger partial charge in [-0.3, -0.25) is 19.4 Å². The molecular weight excluding hydrogens is 429 g/mol. The standard InChI is InChI=1S/C20H21Cl2N5O3/c1-10-5-2-3-8-27(10)20-25-17-15(19(30)26-20)11(9-14(28)24-17)18(29)23-13-7-4-6-12(21)16(13)22/h4,6-7,10-11H,2-3,5,8-9H2,1H3,(H,23,29)(H2,24,25,26,28,30)/t10-,11-/m0/s1. The smallest absolute Gasteiger partial charge is 0.258 e. The molecule has 0 radical (unpaired) electrons. The molecule has 0 spiro atoms. The van der Waals surface area contributed by atoms with Gasteiger partial charge in [0.15, 0.2) is 0 Å². The maximum atomic E-state index is 12.9. The number of hydrogen-bond donors (Lipinski definition) is 3. The van der Waals surface area contributed by atoms with Gasteiger partial charge < -0.3 is 15.5 Å². The van der Waals surface area contributed by atoms with Crippen LogP contribution in [0.1, 0.15) is 44.1 Å².